The monoisotopic (exact) mass is 276 g/mol. The Balaban J connectivity index is 2.08. The maximum atomic E-state index is 12.2. The highest BCUT2D eigenvalue weighted by Crippen LogP contribution is 2.33. The molecule has 5 nitrogen and oxygen atoms in total. The molecule has 0 aromatic heterocycles. The topological polar surface area (TPSA) is 69.6 Å². The van der Waals surface area contributed by atoms with E-state index < -0.39 is 17.8 Å². The van der Waals surface area contributed by atoms with Crippen molar-refractivity contribution in [1.29, 1.82) is 0 Å². The summed E-state index contributed by atoms with van der Waals surface area (Å²) >= 11 is 0. The van der Waals surface area contributed by atoms with Gasteiger partial charge in [0.15, 0.2) is 0 Å². The van der Waals surface area contributed by atoms with Gasteiger partial charge in [0.25, 0.3) is 0 Å². The van der Waals surface area contributed by atoms with Gasteiger partial charge in [0.2, 0.25) is 5.91 Å². The van der Waals surface area contributed by atoms with E-state index in [2.05, 4.69) is 5.32 Å². The van der Waals surface area contributed by atoms with Crippen LogP contribution in [0.1, 0.15) is 19.3 Å². The van der Waals surface area contributed by atoms with E-state index in [0.29, 0.717) is 18.5 Å². The Kier molecular flexibility index (Phi) is 4.27. The summed E-state index contributed by atoms with van der Waals surface area (Å²) in [5, 5.41) is 12.0. The van der Waals surface area contributed by atoms with E-state index in [-0.39, 0.29) is 5.91 Å². The van der Waals surface area contributed by atoms with Crippen LogP contribution in [0.2, 0.25) is 0 Å². The lowest BCUT2D eigenvalue weighted by Crippen LogP contribution is -2.30. The molecule has 0 heterocycles. The second kappa shape index (κ2) is 5.94. The van der Waals surface area contributed by atoms with Gasteiger partial charge in [-0.25, -0.2) is 0 Å². The molecule has 1 saturated carbocycles. The quantitative estimate of drug-likeness (QED) is 0.884. The second-order valence-corrected chi connectivity index (χ2v) is 5.42. The van der Waals surface area contributed by atoms with Crippen LogP contribution in [0.5, 0.6) is 0 Å². The number of carbonyl (C=O) groups excluding carboxylic acids is 1. The molecule has 2 rings (SSSR count). The van der Waals surface area contributed by atoms with Gasteiger partial charge in [-0.05, 0) is 31.0 Å². The molecule has 1 aliphatic rings. The van der Waals surface area contributed by atoms with E-state index in [0.717, 1.165) is 12.1 Å². The van der Waals surface area contributed by atoms with Crippen LogP contribution < -0.4 is 10.2 Å². The average Bonchev–Trinajstić information content (AvgIpc) is 2.88. The molecule has 1 amide bonds. The Morgan fingerprint density at radius 1 is 1.25 bits per heavy atom. The van der Waals surface area contributed by atoms with Gasteiger partial charge in [0, 0.05) is 25.5 Å². The fourth-order valence-corrected chi connectivity index (χ4v) is 2.67. The first-order valence-corrected chi connectivity index (χ1v) is 6.80. The maximum absolute atomic E-state index is 12.2. The Hall–Kier alpha value is -2.04. The smallest absolute Gasteiger partial charge is 0.307 e. The lowest BCUT2D eigenvalue weighted by molar-refractivity contribution is -0.145. The van der Waals surface area contributed by atoms with E-state index in [1.165, 1.54) is 0 Å². The molecule has 108 valence electrons. The van der Waals surface area contributed by atoms with Gasteiger partial charge in [0.1, 0.15) is 0 Å². The molecule has 0 aliphatic heterocycles. The minimum absolute atomic E-state index is 0.189. The van der Waals surface area contributed by atoms with Crippen molar-refractivity contribution in [3.05, 3.63) is 24.3 Å². The van der Waals surface area contributed by atoms with Gasteiger partial charge in [-0.2, -0.15) is 0 Å². The zero-order chi connectivity index (χ0) is 14.7. The zero-order valence-electron chi connectivity index (χ0n) is 11.8. The number of nitrogens with one attached hydrogen (secondary N) is 1. The van der Waals surface area contributed by atoms with E-state index >= 15 is 0 Å². The number of hydrogen-bond donors (Lipinski definition) is 2. The molecular formula is C15H20N2O3. The number of anilines is 2. The predicted molar refractivity (Wildman–Crippen MR) is 77.9 cm³/mol. The van der Waals surface area contributed by atoms with Crippen LogP contribution in [-0.2, 0) is 9.59 Å². The number of rotatable bonds is 4. The molecule has 20 heavy (non-hydrogen) atoms. The Labute approximate surface area is 118 Å². The molecule has 2 atom stereocenters. The van der Waals surface area contributed by atoms with Gasteiger partial charge in [-0.3, -0.25) is 9.59 Å². The van der Waals surface area contributed by atoms with E-state index in [4.69, 9.17) is 5.11 Å². The summed E-state index contributed by atoms with van der Waals surface area (Å²) < 4.78 is 0. The molecule has 0 radical (unpaired) electrons. The molecule has 0 spiro atoms. The largest absolute Gasteiger partial charge is 0.481 e. The van der Waals surface area contributed by atoms with Gasteiger partial charge >= 0.3 is 5.97 Å². The number of benzene rings is 1. The van der Waals surface area contributed by atoms with E-state index in [1.807, 2.05) is 43.3 Å². The van der Waals surface area contributed by atoms with Crippen molar-refractivity contribution in [3.63, 3.8) is 0 Å². The first kappa shape index (κ1) is 14.4. The lowest BCUT2D eigenvalue weighted by Gasteiger charge is -2.17. The SMILES string of the molecule is CN(C)c1cccc(NC(=O)C2CCCC2C(=O)O)c1. The first-order chi connectivity index (χ1) is 9.49. The Bertz CT molecular complexity index is 514. The highest BCUT2D eigenvalue weighted by molar-refractivity contribution is 5.95. The number of hydrogen-bond acceptors (Lipinski definition) is 3. The fourth-order valence-electron chi connectivity index (χ4n) is 2.67. The third kappa shape index (κ3) is 3.10. The summed E-state index contributed by atoms with van der Waals surface area (Å²) in [6.45, 7) is 0. The van der Waals surface area contributed by atoms with Crippen LogP contribution in [0, 0.1) is 11.8 Å². The lowest BCUT2D eigenvalue weighted by atomic mass is 9.95. The number of carboxylic acids is 1. The highest BCUT2D eigenvalue weighted by atomic mass is 16.4. The molecule has 2 N–H and O–H groups in total. The summed E-state index contributed by atoms with van der Waals surface area (Å²) in [5.41, 5.74) is 1.70. The third-order valence-electron chi connectivity index (χ3n) is 3.80. The van der Waals surface area contributed by atoms with Gasteiger partial charge in [0.05, 0.1) is 11.8 Å². The van der Waals surface area contributed by atoms with Gasteiger partial charge in [-0.15, -0.1) is 0 Å². The number of carboxylic acid groups (broad SMARTS) is 1. The van der Waals surface area contributed by atoms with Crippen molar-refractivity contribution in [2.45, 2.75) is 19.3 Å². The van der Waals surface area contributed by atoms with Crippen LogP contribution >= 0.6 is 0 Å². The average molecular weight is 276 g/mol. The molecule has 2 unspecified atom stereocenters. The number of amides is 1. The summed E-state index contributed by atoms with van der Waals surface area (Å²) in [6, 6.07) is 7.51. The molecule has 1 fully saturated rings. The Morgan fingerprint density at radius 2 is 1.95 bits per heavy atom. The van der Waals surface area contributed by atoms with Crippen LogP contribution in [-0.4, -0.2) is 31.1 Å². The minimum atomic E-state index is -0.871. The van der Waals surface area contributed by atoms with Crippen molar-refractivity contribution in [1.82, 2.24) is 0 Å². The third-order valence-corrected chi connectivity index (χ3v) is 3.80. The van der Waals surface area contributed by atoms with E-state index in [9.17, 15) is 9.59 Å². The number of aliphatic carboxylic acids is 1. The second-order valence-electron chi connectivity index (χ2n) is 5.42. The highest BCUT2D eigenvalue weighted by Gasteiger charge is 2.37. The fraction of sp³-hybridized carbons (Fsp3) is 0.467. The van der Waals surface area contributed by atoms with Gasteiger partial charge < -0.3 is 15.3 Å². The van der Waals surface area contributed by atoms with Crippen molar-refractivity contribution < 1.29 is 14.7 Å². The summed E-state index contributed by atoms with van der Waals surface area (Å²) in [6.07, 6.45) is 2.04. The van der Waals surface area contributed by atoms with Crippen LogP contribution in [0.15, 0.2) is 24.3 Å². The molecular weight excluding hydrogens is 256 g/mol. The maximum Gasteiger partial charge on any atom is 0.307 e. The Morgan fingerprint density at radius 3 is 2.60 bits per heavy atom. The standard InChI is InChI=1S/C15H20N2O3/c1-17(2)11-6-3-5-10(9-11)16-14(18)12-7-4-8-13(12)15(19)20/h3,5-6,9,12-13H,4,7-8H2,1-2H3,(H,16,18)(H,19,20). The van der Waals surface area contributed by atoms with Crippen LogP contribution in [0.3, 0.4) is 0 Å². The number of carbonyl (C=O) groups is 2. The predicted octanol–water partition coefficient (Wildman–Crippen LogP) is 2.19. The van der Waals surface area contributed by atoms with Crippen molar-refractivity contribution in [2.75, 3.05) is 24.3 Å². The molecule has 5 heteroatoms. The van der Waals surface area contributed by atoms with Crippen LogP contribution in [0.4, 0.5) is 11.4 Å². The molecule has 1 aromatic carbocycles. The van der Waals surface area contributed by atoms with Crippen molar-refractivity contribution in [3.8, 4) is 0 Å². The summed E-state index contributed by atoms with van der Waals surface area (Å²) in [5.74, 6) is -2.03. The van der Waals surface area contributed by atoms with Gasteiger partial charge in [-0.1, -0.05) is 12.5 Å². The normalized spacial score (nSPS) is 21.5. The van der Waals surface area contributed by atoms with Crippen molar-refractivity contribution in [2.24, 2.45) is 11.8 Å². The van der Waals surface area contributed by atoms with E-state index in [1.54, 1.807) is 0 Å². The minimum Gasteiger partial charge on any atom is -0.481 e. The molecule has 0 bridgehead atoms. The first-order valence-electron chi connectivity index (χ1n) is 6.80. The molecule has 1 aromatic rings. The summed E-state index contributed by atoms with van der Waals surface area (Å²) in [4.78, 5) is 25.3. The molecule has 1 aliphatic carbocycles. The van der Waals surface area contributed by atoms with Crippen molar-refractivity contribution >= 4 is 23.3 Å². The van der Waals surface area contributed by atoms with Crippen LogP contribution in [0.25, 0.3) is 0 Å². The number of nitrogens with zero attached hydrogens (tertiary/aromatic N) is 1. The summed E-state index contributed by atoms with van der Waals surface area (Å²) in [7, 11) is 3.86. The zero-order valence-corrected chi connectivity index (χ0v) is 11.8. The molecule has 0 saturated heterocycles.